The van der Waals surface area contributed by atoms with Gasteiger partial charge < -0.3 is 26.4 Å². The first-order chi connectivity index (χ1) is 11.0. The average molecular weight is 344 g/mol. The number of amides is 3. The second-order valence-electron chi connectivity index (χ2n) is 6.73. The normalized spacial score (nSPS) is 14.0. The Morgan fingerprint density at radius 3 is 2.04 bits per heavy atom. The molecular weight excluding hydrogens is 312 g/mol. The molecule has 0 fully saturated rings. The van der Waals surface area contributed by atoms with Crippen LogP contribution < -0.4 is 11.5 Å². The predicted molar refractivity (Wildman–Crippen MR) is 91.8 cm³/mol. The van der Waals surface area contributed by atoms with Crippen molar-refractivity contribution in [3.63, 3.8) is 0 Å². The number of rotatable bonds is 10. The van der Waals surface area contributed by atoms with Crippen molar-refractivity contribution >= 4 is 17.7 Å². The van der Waals surface area contributed by atoms with Gasteiger partial charge in [0.05, 0.1) is 5.60 Å². The fraction of sp³-hybridized carbons (Fsp3) is 0.812. The van der Waals surface area contributed by atoms with E-state index in [1.807, 2.05) is 6.92 Å². The maximum Gasteiger partial charge on any atom is 0.245 e. The number of primary amides is 1. The van der Waals surface area contributed by atoms with Crippen molar-refractivity contribution in [3.8, 4) is 0 Å². The Morgan fingerprint density at radius 1 is 1.12 bits per heavy atom. The van der Waals surface area contributed by atoms with E-state index in [9.17, 15) is 19.5 Å². The number of aliphatic hydroxyl groups is 1. The second kappa shape index (κ2) is 9.58. The van der Waals surface area contributed by atoms with Crippen molar-refractivity contribution < 1.29 is 19.5 Å². The van der Waals surface area contributed by atoms with Crippen molar-refractivity contribution in [2.24, 2.45) is 11.5 Å². The molecule has 0 aromatic rings. The molecule has 8 heteroatoms. The molecule has 8 nitrogen and oxygen atoms in total. The van der Waals surface area contributed by atoms with Crippen molar-refractivity contribution in [2.45, 2.75) is 64.1 Å². The molecule has 0 aliphatic heterocycles. The van der Waals surface area contributed by atoms with Crippen LogP contribution in [0.15, 0.2) is 0 Å². The van der Waals surface area contributed by atoms with Crippen LogP contribution in [-0.4, -0.2) is 71.0 Å². The number of nitrogens with two attached hydrogens (primary N) is 2. The van der Waals surface area contributed by atoms with Crippen molar-refractivity contribution in [1.82, 2.24) is 9.80 Å². The van der Waals surface area contributed by atoms with E-state index in [0.717, 1.165) is 0 Å². The van der Waals surface area contributed by atoms with Gasteiger partial charge in [0.2, 0.25) is 17.7 Å². The molecule has 140 valence electrons. The van der Waals surface area contributed by atoms with Crippen LogP contribution >= 0.6 is 0 Å². The van der Waals surface area contributed by atoms with E-state index >= 15 is 0 Å². The fourth-order valence-corrected chi connectivity index (χ4v) is 2.49. The van der Waals surface area contributed by atoms with Crippen molar-refractivity contribution in [3.05, 3.63) is 0 Å². The van der Waals surface area contributed by atoms with Crippen LogP contribution in [-0.2, 0) is 14.4 Å². The summed E-state index contributed by atoms with van der Waals surface area (Å²) in [5, 5.41) is 9.95. The summed E-state index contributed by atoms with van der Waals surface area (Å²) >= 11 is 0. The monoisotopic (exact) mass is 344 g/mol. The van der Waals surface area contributed by atoms with Gasteiger partial charge in [0.15, 0.2) is 0 Å². The summed E-state index contributed by atoms with van der Waals surface area (Å²) in [6.45, 7) is 5.18. The van der Waals surface area contributed by atoms with Crippen LogP contribution in [0.1, 0.15) is 46.5 Å². The van der Waals surface area contributed by atoms with Crippen LogP contribution in [0.5, 0.6) is 0 Å². The lowest BCUT2D eigenvalue weighted by atomic mass is 9.97. The first-order valence-electron chi connectivity index (χ1n) is 8.20. The third kappa shape index (κ3) is 6.84. The van der Waals surface area contributed by atoms with Gasteiger partial charge in [-0.05, 0) is 33.2 Å². The minimum atomic E-state index is -1.17. The van der Waals surface area contributed by atoms with Gasteiger partial charge in [0, 0.05) is 26.9 Å². The maximum absolute atomic E-state index is 12.8. The number of hydrogen-bond acceptors (Lipinski definition) is 5. The summed E-state index contributed by atoms with van der Waals surface area (Å²) in [5.41, 5.74) is 9.80. The molecule has 0 aromatic carbocycles. The van der Waals surface area contributed by atoms with Gasteiger partial charge in [-0.1, -0.05) is 6.92 Å². The molecule has 0 heterocycles. The average Bonchev–Trinajstić information content (AvgIpc) is 2.47. The Morgan fingerprint density at radius 2 is 1.67 bits per heavy atom. The smallest absolute Gasteiger partial charge is 0.245 e. The van der Waals surface area contributed by atoms with E-state index < -0.39 is 29.5 Å². The first kappa shape index (κ1) is 22.3. The summed E-state index contributed by atoms with van der Waals surface area (Å²) < 4.78 is 0. The predicted octanol–water partition coefficient (Wildman–Crippen LogP) is -0.564. The Kier molecular flexibility index (Phi) is 8.92. The van der Waals surface area contributed by atoms with Gasteiger partial charge in [-0.2, -0.15) is 0 Å². The van der Waals surface area contributed by atoms with E-state index in [0.29, 0.717) is 12.8 Å². The Hall–Kier alpha value is -1.67. The molecular formula is C16H32N4O4. The summed E-state index contributed by atoms with van der Waals surface area (Å²) in [6, 6.07) is -1.73. The Bertz CT molecular complexity index is 448. The molecule has 0 saturated heterocycles. The zero-order chi connectivity index (χ0) is 19.1. The zero-order valence-corrected chi connectivity index (χ0v) is 15.4. The molecule has 0 spiro atoms. The lowest BCUT2D eigenvalue weighted by molar-refractivity contribution is -0.148. The second-order valence-corrected chi connectivity index (χ2v) is 6.73. The molecule has 24 heavy (non-hydrogen) atoms. The molecule has 3 amide bonds. The Balaban J connectivity index is 5.37. The molecule has 0 bridgehead atoms. The third-order valence-electron chi connectivity index (χ3n) is 3.89. The molecule has 0 saturated carbocycles. The Labute approximate surface area is 144 Å². The number of nitrogens with zero attached hydrogens (tertiary/aromatic N) is 2. The standard InChI is InChI=1S/C16H32N4O4/c1-6-7-13(21)19(4)11(8-9-17)15(23)20(5)12(14(18)22)10-16(2,3)24/h11-12,24H,6-10,17H2,1-5H3,(H2,18,22)/t11-,12+/m1/s1. The highest BCUT2D eigenvalue weighted by Gasteiger charge is 2.35. The summed E-state index contributed by atoms with van der Waals surface area (Å²) in [6.07, 6.45) is 1.29. The number of carbonyl (C=O) groups excluding carboxylic acids is 3. The quantitative estimate of drug-likeness (QED) is 0.489. The highest BCUT2D eigenvalue weighted by Crippen LogP contribution is 2.17. The highest BCUT2D eigenvalue weighted by atomic mass is 16.3. The van der Waals surface area contributed by atoms with Crippen LogP contribution in [0.4, 0.5) is 0 Å². The molecule has 0 aromatic heterocycles. The summed E-state index contributed by atoms with van der Waals surface area (Å²) in [5.74, 6) is -1.28. The van der Waals surface area contributed by atoms with Gasteiger partial charge in [-0.25, -0.2) is 0 Å². The minimum Gasteiger partial charge on any atom is -0.390 e. The van der Waals surface area contributed by atoms with Crippen LogP contribution in [0.2, 0.25) is 0 Å². The number of likely N-dealkylation sites (N-methyl/N-ethyl adjacent to an activating group) is 2. The molecule has 0 aliphatic rings. The van der Waals surface area contributed by atoms with Crippen LogP contribution in [0.3, 0.4) is 0 Å². The summed E-state index contributed by atoms with van der Waals surface area (Å²) in [7, 11) is 3.00. The van der Waals surface area contributed by atoms with E-state index in [4.69, 9.17) is 11.5 Å². The molecule has 0 unspecified atom stereocenters. The summed E-state index contributed by atoms with van der Waals surface area (Å²) in [4.78, 5) is 39.2. The van der Waals surface area contributed by atoms with Gasteiger partial charge >= 0.3 is 0 Å². The molecule has 0 rings (SSSR count). The lowest BCUT2D eigenvalue weighted by Crippen LogP contribution is -2.55. The molecule has 5 N–H and O–H groups in total. The van der Waals surface area contributed by atoms with Crippen molar-refractivity contribution in [1.29, 1.82) is 0 Å². The minimum absolute atomic E-state index is 0.00649. The molecule has 2 atom stereocenters. The highest BCUT2D eigenvalue weighted by molar-refractivity contribution is 5.91. The molecule has 0 aliphatic carbocycles. The lowest BCUT2D eigenvalue weighted by Gasteiger charge is -2.35. The van der Waals surface area contributed by atoms with Gasteiger partial charge in [0.25, 0.3) is 0 Å². The van der Waals surface area contributed by atoms with E-state index in [1.54, 1.807) is 7.05 Å². The third-order valence-corrected chi connectivity index (χ3v) is 3.89. The fourth-order valence-electron chi connectivity index (χ4n) is 2.49. The van der Waals surface area contributed by atoms with E-state index in [2.05, 4.69) is 0 Å². The van der Waals surface area contributed by atoms with Gasteiger partial charge in [-0.15, -0.1) is 0 Å². The zero-order valence-electron chi connectivity index (χ0n) is 15.4. The van der Waals surface area contributed by atoms with E-state index in [-0.39, 0.29) is 25.3 Å². The SMILES string of the molecule is CCCC(=O)N(C)[C@H](CCN)C(=O)N(C)[C@@H](CC(C)(C)O)C(N)=O. The topological polar surface area (TPSA) is 130 Å². The largest absolute Gasteiger partial charge is 0.390 e. The van der Waals surface area contributed by atoms with E-state index in [1.165, 1.54) is 30.7 Å². The van der Waals surface area contributed by atoms with Gasteiger partial charge in [-0.3, -0.25) is 14.4 Å². The molecule has 0 radical (unpaired) electrons. The van der Waals surface area contributed by atoms with Gasteiger partial charge in [0.1, 0.15) is 12.1 Å². The van der Waals surface area contributed by atoms with Crippen LogP contribution in [0, 0.1) is 0 Å². The van der Waals surface area contributed by atoms with Crippen LogP contribution in [0.25, 0.3) is 0 Å². The van der Waals surface area contributed by atoms with Crippen molar-refractivity contribution in [2.75, 3.05) is 20.6 Å². The first-order valence-corrected chi connectivity index (χ1v) is 8.20. The maximum atomic E-state index is 12.8. The number of carbonyl (C=O) groups is 3. The number of hydrogen-bond donors (Lipinski definition) is 3.